The average Bonchev–Trinajstić information content (AvgIpc) is 3.14. The topological polar surface area (TPSA) is 66.0 Å². The number of rotatable bonds is 4. The number of H-pyrrole nitrogens is 1. The van der Waals surface area contributed by atoms with Gasteiger partial charge >= 0.3 is 12.1 Å². The molecule has 0 unspecified atom stereocenters. The van der Waals surface area contributed by atoms with Crippen LogP contribution in [-0.2, 0) is 12.6 Å². The number of halogens is 3. The summed E-state index contributed by atoms with van der Waals surface area (Å²) in [4.78, 5) is 17.3. The standard InChI is InChI=1S/C22H15F3N2O2/c23-22(24,25)21-26-18-12-17(20(28)29)11-16(19(18)27-21)10-13-6-8-15(9-7-13)14-4-2-1-3-5-14/h1-9,11-12H,10H2,(H,26,27)(H,28,29). The Labute approximate surface area is 163 Å². The van der Waals surface area contributed by atoms with Gasteiger partial charge in [-0.1, -0.05) is 54.6 Å². The quantitative estimate of drug-likeness (QED) is 0.476. The number of imidazole rings is 1. The van der Waals surface area contributed by atoms with Crippen molar-refractivity contribution in [3.63, 3.8) is 0 Å². The Balaban J connectivity index is 1.73. The minimum Gasteiger partial charge on any atom is -0.478 e. The third kappa shape index (κ3) is 3.85. The minimum atomic E-state index is -4.64. The van der Waals surface area contributed by atoms with Crippen molar-refractivity contribution in [2.45, 2.75) is 12.6 Å². The van der Waals surface area contributed by atoms with E-state index >= 15 is 0 Å². The van der Waals surface area contributed by atoms with Crippen molar-refractivity contribution in [1.82, 2.24) is 9.97 Å². The summed E-state index contributed by atoms with van der Waals surface area (Å²) in [5.41, 5.74) is 3.40. The van der Waals surface area contributed by atoms with E-state index in [0.717, 1.165) is 16.7 Å². The molecule has 0 saturated carbocycles. The van der Waals surface area contributed by atoms with Crippen molar-refractivity contribution in [2.75, 3.05) is 0 Å². The molecule has 1 aromatic heterocycles. The fourth-order valence-corrected chi connectivity index (χ4v) is 3.25. The van der Waals surface area contributed by atoms with E-state index in [1.54, 1.807) is 0 Å². The summed E-state index contributed by atoms with van der Waals surface area (Å²) in [6.07, 6.45) is -4.38. The van der Waals surface area contributed by atoms with Crippen LogP contribution in [0, 0.1) is 0 Å². The molecule has 0 saturated heterocycles. The van der Waals surface area contributed by atoms with Gasteiger partial charge in [-0.15, -0.1) is 0 Å². The predicted octanol–water partition coefficient (Wildman–Crippen LogP) is 5.54. The molecule has 29 heavy (non-hydrogen) atoms. The molecule has 1 heterocycles. The Hall–Kier alpha value is -3.61. The van der Waals surface area contributed by atoms with Gasteiger partial charge in [0.1, 0.15) is 0 Å². The number of nitrogens with zero attached hydrogens (tertiary/aromatic N) is 1. The number of hydrogen-bond donors (Lipinski definition) is 2. The third-order valence-corrected chi connectivity index (χ3v) is 4.64. The molecule has 0 aliphatic carbocycles. The molecule has 0 atom stereocenters. The summed E-state index contributed by atoms with van der Waals surface area (Å²) in [6.45, 7) is 0. The average molecular weight is 396 g/mol. The number of fused-ring (bicyclic) bond motifs is 1. The summed E-state index contributed by atoms with van der Waals surface area (Å²) < 4.78 is 39.1. The van der Waals surface area contributed by atoms with E-state index in [1.807, 2.05) is 54.6 Å². The fraction of sp³-hybridized carbons (Fsp3) is 0.0909. The Morgan fingerprint density at radius 3 is 2.24 bits per heavy atom. The van der Waals surface area contributed by atoms with E-state index in [-0.39, 0.29) is 23.0 Å². The molecular weight excluding hydrogens is 381 g/mol. The van der Waals surface area contributed by atoms with Gasteiger partial charge < -0.3 is 10.1 Å². The molecule has 0 spiro atoms. The lowest BCUT2D eigenvalue weighted by atomic mass is 9.98. The van der Waals surface area contributed by atoms with Crippen molar-refractivity contribution >= 4 is 17.0 Å². The predicted molar refractivity (Wildman–Crippen MR) is 103 cm³/mol. The molecule has 0 fully saturated rings. The number of aromatic carboxylic acids is 1. The highest BCUT2D eigenvalue weighted by Gasteiger charge is 2.35. The van der Waals surface area contributed by atoms with E-state index in [0.29, 0.717) is 5.56 Å². The number of aromatic nitrogens is 2. The lowest BCUT2D eigenvalue weighted by molar-refractivity contribution is -0.144. The van der Waals surface area contributed by atoms with Crippen molar-refractivity contribution in [1.29, 1.82) is 0 Å². The first kappa shape index (κ1) is 18.7. The SMILES string of the molecule is O=C(O)c1cc(Cc2ccc(-c3ccccc3)cc2)c2nc(C(F)(F)F)[nH]c2c1. The van der Waals surface area contributed by atoms with Gasteiger partial charge in [-0.25, -0.2) is 9.78 Å². The number of carboxylic acid groups (broad SMARTS) is 1. The largest absolute Gasteiger partial charge is 0.478 e. The first-order valence-corrected chi connectivity index (χ1v) is 8.79. The number of carbonyl (C=O) groups is 1. The van der Waals surface area contributed by atoms with E-state index < -0.39 is 18.0 Å². The van der Waals surface area contributed by atoms with Crippen LogP contribution in [0.4, 0.5) is 13.2 Å². The molecular formula is C22H15F3N2O2. The molecule has 3 aromatic carbocycles. The van der Waals surface area contributed by atoms with Gasteiger partial charge in [0, 0.05) is 0 Å². The van der Waals surface area contributed by atoms with Crippen molar-refractivity contribution in [3.8, 4) is 11.1 Å². The first-order valence-electron chi connectivity index (χ1n) is 8.79. The van der Waals surface area contributed by atoms with Gasteiger partial charge in [0.2, 0.25) is 5.82 Å². The van der Waals surface area contributed by atoms with E-state index in [9.17, 15) is 23.1 Å². The number of aromatic amines is 1. The monoisotopic (exact) mass is 396 g/mol. The second-order valence-corrected chi connectivity index (χ2v) is 6.66. The maximum atomic E-state index is 13.0. The van der Waals surface area contributed by atoms with Crippen LogP contribution in [0.1, 0.15) is 27.3 Å². The fourth-order valence-electron chi connectivity index (χ4n) is 3.25. The minimum absolute atomic E-state index is 0.0492. The Kier molecular flexibility index (Phi) is 4.58. The maximum absolute atomic E-state index is 13.0. The second kappa shape index (κ2) is 7.09. The van der Waals surface area contributed by atoms with Crippen LogP contribution >= 0.6 is 0 Å². The lowest BCUT2D eigenvalue weighted by Gasteiger charge is -2.07. The van der Waals surface area contributed by atoms with Gasteiger partial charge in [-0.2, -0.15) is 13.2 Å². The normalized spacial score (nSPS) is 11.7. The van der Waals surface area contributed by atoms with E-state index in [4.69, 9.17) is 0 Å². The maximum Gasteiger partial charge on any atom is 0.449 e. The highest BCUT2D eigenvalue weighted by molar-refractivity contribution is 5.94. The molecule has 4 rings (SSSR count). The smallest absolute Gasteiger partial charge is 0.449 e. The van der Waals surface area contributed by atoms with Gasteiger partial charge in [0.15, 0.2) is 0 Å². The van der Waals surface area contributed by atoms with Crippen LogP contribution in [-0.4, -0.2) is 21.0 Å². The van der Waals surface area contributed by atoms with E-state index in [1.165, 1.54) is 12.1 Å². The Morgan fingerprint density at radius 1 is 0.966 bits per heavy atom. The molecule has 2 N–H and O–H groups in total. The second-order valence-electron chi connectivity index (χ2n) is 6.66. The van der Waals surface area contributed by atoms with Crippen molar-refractivity contribution in [3.05, 3.63) is 89.2 Å². The Morgan fingerprint density at radius 2 is 1.62 bits per heavy atom. The van der Waals surface area contributed by atoms with Crippen LogP contribution in [0.5, 0.6) is 0 Å². The van der Waals surface area contributed by atoms with Gasteiger partial charge in [0.25, 0.3) is 0 Å². The van der Waals surface area contributed by atoms with Crippen LogP contribution in [0.25, 0.3) is 22.2 Å². The van der Waals surface area contributed by atoms with Gasteiger partial charge in [-0.3, -0.25) is 0 Å². The van der Waals surface area contributed by atoms with Crippen LogP contribution in [0.15, 0.2) is 66.7 Å². The summed E-state index contributed by atoms with van der Waals surface area (Å²) in [5, 5.41) is 9.31. The number of hydrogen-bond acceptors (Lipinski definition) is 2. The number of carboxylic acids is 1. The highest BCUT2D eigenvalue weighted by atomic mass is 19.4. The van der Waals surface area contributed by atoms with Crippen LogP contribution < -0.4 is 0 Å². The number of alkyl halides is 3. The molecule has 0 amide bonds. The van der Waals surface area contributed by atoms with Crippen molar-refractivity contribution < 1.29 is 23.1 Å². The third-order valence-electron chi connectivity index (χ3n) is 4.64. The molecule has 4 aromatic rings. The zero-order chi connectivity index (χ0) is 20.6. The lowest BCUT2D eigenvalue weighted by Crippen LogP contribution is -2.06. The first-order chi connectivity index (χ1) is 13.8. The number of benzene rings is 3. The van der Waals surface area contributed by atoms with Crippen LogP contribution in [0.3, 0.4) is 0 Å². The van der Waals surface area contributed by atoms with E-state index in [2.05, 4.69) is 9.97 Å². The molecule has 4 nitrogen and oxygen atoms in total. The Bertz CT molecular complexity index is 1180. The summed E-state index contributed by atoms with van der Waals surface area (Å²) in [7, 11) is 0. The number of nitrogens with one attached hydrogen (secondary N) is 1. The van der Waals surface area contributed by atoms with Crippen molar-refractivity contribution in [2.24, 2.45) is 0 Å². The van der Waals surface area contributed by atoms with Crippen LogP contribution in [0.2, 0.25) is 0 Å². The summed E-state index contributed by atoms with van der Waals surface area (Å²) >= 11 is 0. The molecule has 0 aliphatic rings. The zero-order valence-electron chi connectivity index (χ0n) is 15.0. The summed E-state index contributed by atoms with van der Waals surface area (Å²) in [6, 6.07) is 19.9. The zero-order valence-corrected chi connectivity index (χ0v) is 15.0. The highest BCUT2D eigenvalue weighted by Crippen LogP contribution is 2.31. The molecule has 146 valence electrons. The molecule has 7 heteroatoms. The molecule has 0 bridgehead atoms. The van der Waals surface area contributed by atoms with Gasteiger partial charge in [0.05, 0.1) is 16.6 Å². The van der Waals surface area contributed by atoms with Gasteiger partial charge in [-0.05, 0) is 40.8 Å². The molecule has 0 aliphatic heterocycles. The summed E-state index contributed by atoms with van der Waals surface area (Å²) in [5.74, 6) is -2.36. The molecule has 0 radical (unpaired) electrons.